The van der Waals surface area contributed by atoms with Crippen LogP contribution >= 0.6 is 0 Å². The van der Waals surface area contributed by atoms with Gasteiger partial charge in [0, 0.05) is 12.1 Å². The third-order valence-electron chi connectivity index (χ3n) is 2.31. The van der Waals surface area contributed by atoms with Gasteiger partial charge in [0.15, 0.2) is 11.6 Å². The summed E-state index contributed by atoms with van der Waals surface area (Å²) in [5.41, 5.74) is 0.0297. The maximum absolute atomic E-state index is 13.7. The minimum absolute atomic E-state index is 0.0297. The molecule has 0 radical (unpaired) electrons. The molecule has 0 spiro atoms. The molecule has 0 aliphatic heterocycles. The summed E-state index contributed by atoms with van der Waals surface area (Å²) < 4.78 is 18.5. The first-order valence-electron chi connectivity index (χ1n) is 4.95. The number of aliphatic hydroxyl groups is 2. The lowest BCUT2D eigenvalue weighted by Gasteiger charge is -2.19. The van der Waals surface area contributed by atoms with Crippen molar-refractivity contribution in [3.05, 3.63) is 29.6 Å². The summed E-state index contributed by atoms with van der Waals surface area (Å²) in [7, 11) is 2.98. The van der Waals surface area contributed by atoms with E-state index in [1.165, 1.54) is 19.2 Å². The Hall–Kier alpha value is -1.17. The summed E-state index contributed by atoms with van der Waals surface area (Å²) in [6.07, 6.45) is -2.34. The normalized spacial score (nSPS) is 14.6. The molecular weight excluding hydrogens is 213 g/mol. The van der Waals surface area contributed by atoms with Gasteiger partial charge >= 0.3 is 0 Å². The summed E-state index contributed by atoms with van der Waals surface area (Å²) in [4.78, 5) is 0. The van der Waals surface area contributed by atoms with E-state index in [-0.39, 0.29) is 17.9 Å². The first-order valence-corrected chi connectivity index (χ1v) is 4.95. The van der Waals surface area contributed by atoms with E-state index in [4.69, 9.17) is 4.74 Å². The van der Waals surface area contributed by atoms with Crippen molar-refractivity contribution >= 4 is 0 Å². The Morgan fingerprint density at radius 1 is 1.44 bits per heavy atom. The van der Waals surface area contributed by atoms with E-state index < -0.39 is 18.0 Å². The molecule has 0 aliphatic carbocycles. The molecule has 0 amide bonds. The van der Waals surface area contributed by atoms with Crippen LogP contribution in [-0.4, -0.2) is 37.0 Å². The number of ether oxygens (including phenoxy) is 1. The van der Waals surface area contributed by atoms with Gasteiger partial charge in [0.2, 0.25) is 0 Å². The Morgan fingerprint density at radius 2 is 2.12 bits per heavy atom. The van der Waals surface area contributed by atoms with Crippen molar-refractivity contribution < 1.29 is 19.3 Å². The Labute approximate surface area is 93.7 Å². The number of hydrogen-bond acceptors (Lipinski definition) is 4. The Morgan fingerprint density at radius 3 is 2.69 bits per heavy atom. The van der Waals surface area contributed by atoms with Gasteiger partial charge < -0.3 is 20.3 Å². The Kier molecular flexibility index (Phi) is 4.67. The van der Waals surface area contributed by atoms with Crippen molar-refractivity contribution in [2.24, 2.45) is 0 Å². The van der Waals surface area contributed by atoms with Crippen LogP contribution in [0.1, 0.15) is 11.7 Å². The smallest absolute Gasteiger partial charge is 0.170 e. The fourth-order valence-corrected chi connectivity index (χ4v) is 1.44. The predicted octanol–water partition coefficient (Wildman–Crippen LogP) is 0.448. The summed E-state index contributed by atoms with van der Waals surface area (Å²) in [5, 5.41) is 22.0. The largest absolute Gasteiger partial charge is 0.494 e. The quantitative estimate of drug-likeness (QED) is 0.686. The fourth-order valence-electron chi connectivity index (χ4n) is 1.44. The van der Waals surface area contributed by atoms with Crippen molar-refractivity contribution in [1.29, 1.82) is 0 Å². The zero-order valence-corrected chi connectivity index (χ0v) is 9.27. The molecule has 0 aromatic heterocycles. The van der Waals surface area contributed by atoms with Gasteiger partial charge in [0.05, 0.1) is 13.2 Å². The van der Waals surface area contributed by atoms with E-state index in [1.807, 2.05) is 0 Å². The van der Waals surface area contributed by atoms with Crippen LogP contribution in [0.3, 0.4) is 0 Å². The van der Waals surface area contributed by atoms with Gasteiger partial charge in [-0.15, -0.1) is 0 Å². The molecule has 1 rings (SSSR count). The number of hydrogen-bond donors (Lipinski definition) is 3. The standard InChI is InChI=1S/C11H16FNO3/c1-13-6-8(14)11(15)7-4-3-5-9(16-2)10(7)12/h3-5,8,11,13-15H,6H2,1-2H3. The summed E-state index contributed by atoms with van der Waals surface area (Å²) in [5.74, 6) is -0.596. The second-order valence-electron chi connectivity index (χ2n) is 3.43. The Bertz CT molecular complexity index is 346. The molecule has 16 heavy (non-hydrogen) atoms. The maximum Gasteiger partial charge on any atom is 0.170 e. The molecule has 5 heteroatoms. The van der Waals surface area contributed by atoms with Crippen LogP contribution in [0.4, 0.5) is 4.39 Å². The second kappa shape index (κ2) is 5.79. The van der Waals surface area contributed by atoms with Gasteiger partial charge in [-0.05, 0) is 13.1 Å². The average Bonchev–Trinajstić information content (AvgIpc) is 2.29. The number of rotatable bonds is 5. The molecule has 4 nitrogen and oxygen atoms in total. The first-order chi connectivity index (χ1) is 7.61. The van der Waals surface area contributed by atoms with Gasteiger partial charge in [-0.3, -0.25) is 0 Å². The highest BCUT2D eigenvalue weighted by molar-refractivity contribution is 5.32. The highest BCUT2D eigenvalue weighted by Crippen LogP contribution is 2.26. The lowest BCUT2D eigenvalue weighted by atomic mass is 10.0. The topological polar surface area (TPSA) is 61.7 Å². The molecule has 0 heterocycles. The van der Waals surface area contributed by atoms with E-state index >= 15 is 0 Å². The van der Waals surface area contributed by atoms with Crippen LogP contribution < -0.4 is 10.1 Å². The van der Waals surface area contributed by atoms with Crippen LogP contribution in [0.15, 0.2) is 18.2 Å². The van der Waals surface area contributed by atoms with E-state index in [0.29, 0.717) is 0 Å². The SMILES string of the molecule is CNCC(O)C(O)c1cccc(OC)c1F. The van der Waals surface area contributed by atoms with Crippen molar-refractivity contribution in [2.75, 3.05) is 20.7 Å². The number of likely N-dealkylation sites (N-methyl/N-ethyl adjacent to an activating group) is 1. The first kappa shape index (κ1) is 12.9. The zero-order chi connectivity index (χ0) is 12.1. The number of methoxy groups -OCH3 is 1. The van der Waals surface area contributed by atoms with E-state index in [9.17, 15) is 14.6 Å². The summed E-state index contributed by atoms with van der Waals surface area (Å²) in [6, 6.07) is 4.43. The van der Waals surface area contributed by atoms with Crippen molar-refractivity contribution in [3.63, 3.8) is 0 Å². The third-order valence-corrected chi connectivity index (χ3v) is 2.31. The number of nitrogens with one attached hydrogen (secondary N) is 1. The van der Waals surface area contributed by atoms with Crippen LogP contribution in [0.25, 0.3) is 0 Å². The molecule has 3 N–H and O–H groups in total. The van der Waals surface area contributed by atoms with Crippen molar-refractivity contribution in [3.8, 4) is 5.75 Å². The molecule has 0 saturated heterocycles. The molecule has 1 aromatic rings. The molecule has 1 aromatic carbocycles. The van der Waals surface area contributed by atoms with Gasteiger partial charge in [0.25, 0.3) is 0 Å². The number of halogens is 1. The van der Waals surface area contributed by atoms with Crippen LogP contribution in [0.5, 0.6) is 5.75 Å². The average molecular weight is 229 g/mol. The number of benzene rings is 1. The van der Waals surface area contributed by atoms with Gasteiger partial charge in [-0.2, -0.15) is 0 Å². The second-order valence-corrected chi connectivity index (χ2v) is 3.43. The highest BCUT2D eigenvalue weighted by atomic mass is 19.1. The Balaban J connectivity index is 2.94. The van der Waals surface area contributed by atoms with E-state index in [2.05, 4.69) is 5.32 Å². The minimum atomic E-state index is -1.28. The van der Waals surface area contributed by atoms with Crippen molar-refractivity contribution in [1.82, 2.24) is 5.32 Å². The lowest BCUT2D eigenvalue weighted by molar-refractivity contribution is 0.0179. The molecule has 0 aliphatic rings. The molecule has 2 unspecified atom stereocenters. The zero-order valence-electron chi connectivity index (χ0n) is 9.27. The lowest BCUT2D eigenvalue weighted by Crippen LogP contribution is -2.30. The molecule has 0 saturated carbocycles. The monoisotopic (exact) mass is 229 g/mol. The molecule has 2 atom stereocenters. The van der Waals surface area contributed by atoms with Crippen LogP contribution in [0.2, 0.25) is 0 Å². The van der Waals surface area contributed by atoms with Crippen LogP contribution in [-0.2, 0) is 0 Å². The van der Waals surface area contributed by atoms with E-state index in [1.54, 1.807) is 13.1 Å². The van der Waals surface area contributed by atoms with Gasteiger partial charge in [-0.1, -0.05) is 12.1 Å². The summed E-state index contributed by atoms with van der Waals surface area (Å²) in [6.45, 7) is 0.178. The maximum atomic E-state index is 13.7. The molecule has 0 fully saturated rings. The predicted molar refractivity (Wildman–Crippen MR) is 57.8 cm³/mol. The molecule has 90 valence electrons. The van der Waals surface area contributed by atoms with Gasteiger partial charge in [-0.25, -0.2) is 4.39 Å². The minimum Gasteiger partial charge on any atom is -0.494 e. The highest BCUT2D eigenvalue weighted by Gasteiger charge is 2.22. The molecular formula is C11H16FNO3. The number of aliphatic hydroxyl groups excluding tert-OH is 2. The van der Waals surface area contributed by atoms with Crippen LogP contribution in [0, 0.1) is 5.82 Å². The van der Waals surface area contributed by atoms with Crippen molar-refractivity contribution in [2.45, 2.75) is 12.2 Å². The van der Waals surface area contributed by atoms with Gasteiger partial charge in [0.1, 0.15) is 6.10 Å². The molecule has 0 bridgehead atoms. The fraction of sp³-hybridized carbons (Fsp3) is 0.455. The van der Waals surface area contributed by atoms with E-state index in [0.717, 1.165) is 0 Å². The third kappa shape index (κ3) is 2.69. The summed E-state index contributed by atoms with van der Waals surface area (Å²) >= 11 is 0.